The molecule has 3 rings (SSSR count). The minimum Gasteiger partial charge on any atom is -0.338 e. The molecule has 0 saturated carbocycles. The number of rotatable bonds is 7. The Morgan fingerprint density at radius 2 is 1.96 bits per heavy atom. The minimum atomic E-state index is 0.0159. The highest BCUT2D eigenvalue weighted by molar-refractivity contribution is 5.81. The second kappa shape index (κ2) is 8.12. The normalized spacial score (nSPS) is 17.5. The first kappa shape index (κ1) is 18.8. The fraction of sp³-hybridized carbons (Fsp3) is 0.571. The summed E-state index contributed by atoms with van der Waals surface area (Å²) >= 11 is 0. The zero-order valence-electron chi connectivity index (χ0n) is 16.2. The number of likely N-dealkylation sites (tertiary alicyclic amines) is 1. The third-order valence-corrected chi connectivity index (χ3v) is 5.72. The SMILES string of the molecule is CC(C)N1CCC(CC(=O)Cc2nccn2C)(Cc2ccccn2)CC1. The molecule has 0 aromatic carbocycles. The lowest BCUT2D eigenvalue weighted by Gasteiger charge is -2.43. The summed E-state index contributed by atoms with van der Waals surface area (Å²) in [6, 6.07) is 6.63. The molecule has 2 aromatic rings. The van der Waals surface area contributed by atoms with E-state index < -0.39 is 0 Å². The molecule has 0 amide bonds. The predicted molar refractivity (Wildman–Crippen MR) is 103 cm³/mol. The Labute approximate surface area is 156 Å². The van der Waals surface area contributed by atoms with Gasteiger partial charge in [0.15, 0.2) is 0 Å². The molecule has 0 aliphatic carbocycles. The summed E-state index contributed by atoms with van der Waals surface area (Å²) in [7, 11) is 1.94. The third kappa shape index (κ3) is 4.58. The average molecular weight is 354 g/mol. The fourth-order valence-electron chi connectivity index (χ4n) is 4.04. The van der Waals surface area contributed by atoms with Gasteiger partial charge < -0.3 is 9.47 Å². The van der Waals surface area contributed by atoms with Crippen LogP contribution in [0.15, 0.2) is 36.8 Å². The van der Waals surface area contributed by atoms with E-state index in [0.29, 0.717) is 18.9 Å². The van der Waals surface area contributed by atoms with Gasteiger partial charge in [-0.2, -0.15) is 0 Å². The molecule has 1 aliphatic heterocycles. The molecule has 1 aliphatic rings. The van der Waals surface area contributed by atoms with Gasteiger partial charge in [-0.1, -0.05) is 6.07 Å². The van der Waals surface area contributed by atoms with E-state index >= 15 is 0 Å². The number of ketones is 1. The Morgan fingerprint density at radius 1 is 1.19 bits per heavy atom. The molecule has 0 spiro atoms. The Morgan fingerprint density at radius 3 is 2.54 bits per heavy atom. The van der Waals surface area contributed by atoms with Gasteiger partial charge in [0.05, 0.1) is 6.42 Å². The van der Waals surface area contributed by atoms with Gasteiger partial charge in [0, 0.05) is 43.8 Å². The standard InChI is InChI=1S/C21H30N4O/c1-17(2)25-11-7-21(8-12-25,15-18-6-4-5-9-22-18)16-19(26)14-20-23-10-13-24(20)3/h4-6,9-10,13,17H,7-8,11-12,14-16H2,1-3H3. The predicted octanol–water partition coefficient (Wildman–Crippen LogP) is 3.05. The Kier molecular flexibility index (Phi) is 5.87. The third-order valence-electron chi connectivity index (χ3n) is 5.72. The van der Waals surface area contributed by atoms with E-state index in [1.54, 1.807) is 6.20 Å². The van der Waals surface area contributed by atoms with Crippen LogP contribution in [0.1, 0.15) is 44.6 Å². The lowest BCUT2D eigenvalue weighted by atomic mass is 9.70. The van der Waals surface area contributed by atoms with Gasteiger partial charge in [0.2, 0.25) is 0 Å². The molecular weight excluding hydrogens is 324 g/mol. The first-order valence-electron chi connectivity index (χ1n) is 9.59. The van der Waals surface area contributed by atoms with Crippen molar-refractivity contribution in [1.29, 1.82) is 0 Å². The van der Waals surface area contributed by atoms with E-state index in [9.17, 15) is 4.79 Å². The van der Waals surface area contributed by atoms with Crippen LogP contribution >= 0.6 is 0 Å². The number of Topliss-reactive ketones (excluding diaryl/α,β-unsaturated/α-hetero) is 1. The maximum Gasteiger partial charge on any atom is 0.140 e. The monoisotopic (exact) mass is 354 g/mol. The largest absolute Gasteiger partial charge is 0.338 e. The molecule has 0 N–H and O–H groups in total. The maximum atomic E-state index is 12.9. The van der Waals surface area contributed by atoms with Crippen molar-refractivity contribution in [1.82, 2.24) is 19.4 Å². The van der Waals surface area contributed by atoms with Crippen LogP contribution < -0.4 is 0 Å². The van der Waals surface area contributed by atoms with Crippen LogP contribution in [0.25, 0.3) is 0 Å². The topological polar surface area (TPSA) is 51.0 Å². The molecule has 0 radical (unpaired) electrons. The van der Waals surface area contributed by atoms with Crippen molar-refractivity contribution in [2.45, 2.75) is 52.0 Å². The average Bonchev–Trinajstić information content (AvgIpc) is 3.00. The molecule has 5 heteroatoms. The lowest BCUT2D eigenvalue weighted by molar-refractivity contribution is -0.121. The summed E-state index contributed by atoms with van der Waals surface area (Å²) in [6.07, 6.45) is 9.51. The van der Waals surface area contributed by atoms with Gasteiger partial charge in [-0.15, -0.1) is 0 Å². The van der Waals surface area contributed by atoms with Gasteiger partial charge in [0.25, 0.3) is 0 Å². The molecule has 26 heavy (non-hydrogen) atoms. The lowest BCUT2D eigenvalue weighted by Crippen LogP contribution is -2.45. The van der Waals surface area contributed by atoms with Gasteiger partial charge in [-0.3, -0.25) is 9.78 Å². The quantitative estimate of drug-likeness (QED) is 0.767. The summed E-state index contributed by atoms with van der Waals surface area (Å²) in [4.78, 5) is 24.2. The van der Waals surface area contributed by atoms with Crippen molar-refractivity contribution < 1.29 is 4.79 Å². The molecule has 3 heterocycles. The minimum absolute atomic E-state index is 0.0159. The summed E-state index contributed by atoms with van der Waals surface area (Å²) in [5, 5.41) is 0. The highest BCUT2D eigenvalue weighted by Gasteiger charge is 2.37. The number of aromatic nitrogens is 3. The first-order valence-corrected chi connectivity index (χ1v) is 9.59. The van der Waals surface area contributed by atoms with E-state index in [1.165, 1.54) is 0 Å². The van der Waals surface area contributed by atoms with Crippen molar-refractivity contribution in [2.24, 2.45) is 12.5 Å². The van der Waals surface area contributed by atoms with Crippen LogP contribution in [0.2, 0.25) is 0 Å². The number of hydrogen-bond donors (Lipinski definition) is 0. The number of nitrogens with zero attached hydrogens (tertiary/aromatic N) is 4. The fourth-order valence-corrected chi connectivity index (χ4v) is 4.04. The molecule has 2 aromatic heterocycles. The second-order valence-corrected chi connectivity index (χ2v) is 7.97. The smallest absolute Gasteiger partial charge is 0.140 e. The van der Waals surface area contributed by atoms with Crippen molar-refractivity contribution in [3.8, 4) is 0 Å². The van der Waals surface area contributed by atoms with E-state index in [1.807, 2.05) is 36.1 Å². The maximum absolute atomic E-state index is 12.9. The van der Waals surface area contributed by atoms with E-state index in [-0.39, 0.29) is 11.2 Å². The van der Waals surface area contributed by atoms with Gasteiger partial charge in [-0.05, 0) is 63.7 Å². The van der Waals surface area contributed by atoms with Crippen LogP contribution in [0.5, 0.6) is 0 Å². The Hall–Kier alpha value is -2.01. The van der Waals surface area contributed by atoms with Crippen LogP contribution in [-0.4, -0.2) is 44.3 Å². The number of pyridine rings is 1. The van der Waals surface area contributed by atoms with Gasteiger partial charge in [-0.25, -0.2) is 4.98 Å². The Balaban J connectivity index is 1.72. The number of hydrogen-bond acceptors (Lipinski definition) is 4. The first-order chi connectivity index (χ1) is 12.5. The Bertz CT molecular complexity index is 715. The van der Waals surface area contributed by atoms with Crippen LogP contribution in [0, 0.1) is 5.41 Å². The second-order valence-electron chi connectivity index (χ2n) is 7.97. The summed E-state index contributed by atoms with van der Waals surface area (Å²) in [5.41, 5.74) is 1.11. The van der Waals surface area contributed by atoms with Gasteiger partial charge in [0.1, 0.15) is 11.6 Å². The van der Waals surface area contributed by atoms with Crippen molar-refractivity contribution in [2.75, 3.05) is 13.1 Å². The molecule has 140 valence electrons. The highest BCUT2D eigenvalue weighted by Crippen LogP contribution is 2.39. The molecule has 0 atom stereocenters. The number of aryl methyl sites for hydroxylation is 1. The number of imidazole rings is 1. The molecule has 0 bridgehead atoms. The van der Waals surface area contributed by atoms with Gasteiger partial charge >= 0.3 is 0 Å². The molecule has 5 nitrogen and oxygen atoms in total. The van der Waals surface area contributed by atoms with Crippen LogP contribution in [0.4, 0.5) is 0 Å². The number of carbonyl (C=O) groups is 1. The van der Waals surface area contributed by atoms with E-state index in [0.717, 1.165) is 43.9 Å². The van der Waals surface area contributed by atoms with Crippen molar-refractivity contribution in [3.63, 3.8) is 0 Å². The molecule has 1 fully saturated rings. The van der Waals surface area contributed by atoms with E-state index in [2.05, 4.69) is 34.8 Å². The van der Waals surface area contributed by atoms with E-state index in [4.69, 9.17) is 0 Å². The summed E-state index contributed by atoms with van der Waals surface area (Å²) < 4.78 is 1.94. The number of piperidine rings is 1. The zero-order valence-corrected chi connectivity index (χ0v) is 16.2. The number of carbonyl (C=O) groups excluding carboxylic acids is 1. The highest BCUT2D eigenvalue weighted by atomic mass is 16.1. The zero-order chi connectivity index (χ0) is 18.6. The molecular formula is C21H30N4O. The van der Waals surface area contributed by atoms with Crippen molar-refractivity contribution >= 4 is 5.78 Å². The molecule has 0 unspecified atom stereocenters. The molecule has 1 saturated heterocycles. The van der Waals surface area contributed by atoms with Crippen LogP contribution in [0.3, 0.4) is 0 Å². The summed E-state index contributed by atoms with van der Waals surface area (Å²) in [6.45, 7) is 6.61. The van der Waals surface area contributed by atoms with Crippen molar-refractivity contribution in [3.05, 3.63) is 48.3 Å². The summed E-state index contributed by atoms with van der Waals surface area (Å²) in [5.74, 6) is 1.14. The van der Waals surface area contributed by atoms with Crippen LogP contribution in [-0.2, 0) is 24.7 Å².